The molecule has 0 bridgehead atoms. The first-order chi connectivity index (χ1) is 9.20. The van der Waals surface area contributed by atoms with Gasteiger partial charge in [-0.15, -0.1) is 0 Å². The molecular weight excluding hydrogens is 232 g/mol. The number of anilines is 1. The molecule has 1 aliphatic rings. The lowest BCUT2D eigenvalue weighted by Crippen LogP contribution is -2.36. The summed E-state index contributed by atoms with van der Waals surface area (Å²) in [5, 5.41) is 3.21. The SMILES string of the molecule is CNCc1ccc(N(CC(C)C)C2CCCC2)cc1. The summed E-state index contributed by atoms with van der Waals surface area (Å²) >= 11 is 0. The summed E-state index contributed by atoms with van der Waals surface area (Å²) in [5.41, 5.74) is 2.77. The first-order valence-corrected chi connectivity index (χ1v) is 7.71. The van der Waals surface area contributed by atoms with Gasteiger partial charge in [0.15, 0.2) is 0 Å². The molecule has 0 atom stereocenters. The molecule has 106 valence electrons. The minimum Gasteiger partial charge on any atom is -0.368 e. The van der Waals surface area contributed by atoms with Gasteiger partial charge in [0.25, 0.3) is 0 Å². The Hall–Kier alpha value is -1.02. The highest BCUT2D eigenvalue weighted by molar-refractivity contribution is 5.49. The van der Waals surface area contributed by atoms with Gasteiger partial charge in [-0.1, -0.05) is 38.8 Å². The van der Waals surface area contributed by atoms with Crippen molar-refractivity contribution >= 4 is 5.69 Å². The van der Waals surface area contributed by atoms with Gasteiger partial charge in [0.1, 0.15) is 0 Å². The highest BCUT2D eigenvalue weighted by Crippen LogP contribution is 2.29. The van der Waals surface area contributed by atoms with Gasteiger partial charge in [-0.25, -0.2) is 0 Å². The summed E-state index contributed by atoms with van der Waals surface area (Å²) in [5.74, 6) is 0.720. The monoisotopic (exact) mass is 260 g/mol. The highest BCUT2D eigenvalue weighted by atomic mass is 15.2. The Balaban J connectivity index is 2.12. The van der Waals surface area contributed by atoms with E-state index in [1.807, 2.05) is 7.05 Å². The van der Waals surface area contributed by atoms with Gasteiger partial charge < -0.3 is 10.2 Å². The van der Waals surface area contributed by atoms with Crippen molar-refractivity contribution in [2.75, 3.05) is 18.5 Å². The maximum atomic E-state index is 3.21. The molecule has 0 aliphatic heterocycles. The molecule has 0 heterocycles. The van der Waals surface area contributed by atoms with Crippen molar-refractivity contribution in [3.8, 4) is 0 Å². The molecule has 1 N–H and O–H groups in total. The maximum absolute atomic E-state index is 3.21. The lowest BCUT2D eigenvalue weighted by atomic mass is 10.1. The molecule has 0 unspecified atom stereocenters. The van der Waals surface area contributed by atoms with Crippen LogP contribution in [0.4, 0.5) is 5.69 Å². The fraction of sp³-hybridized carbons (Fsp3) is 0.647. The zero-order valence-electron chi connectivity index (χ0n) is 12.7. The van der Waals surface area contributed by atoms with Gasteiger partial charge in [-0.05, 0) is 43.5 Å². The third-order valence-electron chi connectivity index (χ3n) is 3.98. The Kier molecular flexibility index (Phi) is 5.26. The van der Waals surface area contributed by atoms with Crippen molar-refractivity contribution in [3.05, 3.63) is 29.8 Å². The van der Waals surface area contributed by atoms with Crippen molar-refractivity contribution in [3.63, 3.8) is 0 Å². The third kappa shape index (κ3) is 3.97. The van der Waals surface area contributed by atoms with Crippen molar-refractivity contribution in [1.82, 2.24) is 5.32 Å². The van der Waals surface area contributed by atoms with Gasteiger partial charge in [0, 0.05) is 24.8 Å². The van der Waals surface area contributed by atoms with Crippen molar-refractivity contribution in [1.29, 1.82) is 0 Å². The van der Waals surface area contributed by atoms with E-state index in [0.29, 0.717) is 0 Å². The van der Waals surface area contributed by atoms with E-state index in [-0.39, 0.29) is 0 Å². The summed E-state index contributed by atoms with van der Waals surface area (Å²) in [6, 6.07) is 9.88. The predicted octanol–water partition coefficient (Wildman–Crippen LogP) is 3.81. The molecule has 0 saturated heterocycles. The van der Waals surface area contributed by atoms with E-state index in [1.54, 1.807) is 0 Å². The van der Waals surface area contributed by atoms with Gasteiger partial charge in [0.2, 0.25) is 0 Å². The molecule has 0 radical (unpaired) electrons. The molecule has 2 rings (SSSR count). The molecule has 19 heavy (non-hydrogen) atoms. The van der Waals surface area contributed by atoms with Crippen LogP contribution in [0.3, 0.4) is 0 Å². The Labute approximate surface area is 118 Å². The van der Waals surface area contributed by atoms with Crippen LogP contribution in [0.1, 0.15) is 45.1 Å². The average Bonchev–Trinajstić information content (AvgIpc) is 2.91. The number of nitrogens with zero attached hydrogens (tertiary/aromatic N) is 1. The van der Waals surface area contributed by atoms with Crippen LogP contribution in [0.2, 0.25) is 0 Å². The number of rotatable bonds is 6. The van der Waals surface area contributed by atoms with Crippen LogP contribution in [-0.2, 0) is 6.54 Å². The Morgan fingerprint density at radius 2 is 1.79 bits per heavy atom. The van der Waals surface area contributed by atoms with E-state index < -0.39 is 0 Å². The summed E-state index contributed by atoms with van der Waals surface area (Å²) < 4.78 is 0. The first-order valence-electron chi connectivity index (χ1n) is 7.71. The number of nitrogens with one attached hydrogen (secondary N) is 1. The van der Waals surface area contributed by atoms with Crippen LogP contribution in [0.5, 0.6) is 0 Å². The van der Waals surface area contributed by atoms with Crippen LogP contribution >= 0.6 is 0 Å². The van der Waals surface area contributed by atoms with E-state index >= 15 is 0 Å². The van der Waals surface area contributed by atoms with E-state index in [1.165, 1.54) is 43.5 Å². The molecule has 1 aliphatic carbocycles. The van der Waals surface area contributed by atoms with Crippen LogP contribution < -0.4 is 10.2 Å². The fourth-order valence-electron chi connectivity index (χ4n) is 3.08. The Morgan fingerprint density at radius 1 is 1.16 bits per heavy atom. The average molecular weight is 260 g/mol. The van der Waals surface area contributed by atoms with Crippen LogP contribution in [0.25, 0.3) is 0 Å². The maximum Gasteiger partial charge on any atom is 0.0368 e. The Morgan fingerprint density at radius 3 is 2.32 bits per heavy atom. The topological polar surface area (TPSA) is 15.3 Å². The van der Waals surface area contributed by atoms with E-state index in [2.05, 4.69) is 48.3 Å². The lowest BCUT2D eigenvalue weighted by molar-refractivity contribution is 0.536. The zero-order chi connectivity index (χ0) is 13.7. The second-order valence-corrected chi connectivity index (χ2v) is 6.18. The standard InChI is InChI=1S/C17H28N2/c1-14(2)13-19(16-6-4-5-7-16)17-10-8-15(9-11-17)12-18-3/h8-11,14,16,18H,4-7,12-13H2,1-3H3. The summed E-state index contributed by atoms with van der Waals surface area (Å²) in [6.07, 6.45) is 5.53. The molecule has 2 heteroatoms. The smallest absolute Gasteiger partial charge is 0.0368 e. The Bertz CT molecular complexity index is 363. The number of hydrogen-bond donors (Lipinski definition) is 1. The zero-order valence-corrected chi connectivity index (χ0v) is 12.7. The van der Waals surface area contributed by atoms with Gasteiger partial charge in [-0.2, -0.15) is 0 Å². The molecular formula is C17H28N2. The molecule has 0 amide bonds. The predicted molar refractivity (Wildman–Crippen MR) is 83.6 cm³/mol. The number of hydrogen-bond acceptors (Lipinski definition) is 2. The van der Waals surface area contributed by atoms with Crippen molar-refractivity contribution in [2.45, 2.75) is 52.1 Å². The van der Waals surface area contributed by atoms with E-state index in [0.717, 1.165) is 18.5 Å². The van der Waals surface area contributed by atoms with Crippen molar-refractivity contribution < 1.29 is 0 Å². The quantitative estimate of drug-likeness (QED) is 0.836. The molecule has 2 nitrogen and oxygen atoms in total. The molecule has 0 aromatic heterocycles. The summed E-state index contributed by atoms with van der Waals surface area (Å²) in [6.45, 7) is 6.76. The van der Waals surface area contributed by atoms with E-state index in [9.17, 15) is 0 Å². The van der Waals surface area contributed by atoms with Gasteiger partial charge >= 0.3 is 0 Å². The molecule has 1 aromatic rings. The summed E-state index contributed by atoms with van der Waals surface area (Å²) in [7, 11) is 2.00. The van der Waals surface area contributed by atoms with Crippen LogP contribution in [0, 0.1) is 5.92 Å². The van der Waals surface area contributed by atoms with Crippen LogP contribution in [0.15, 0.2) is 24.3 Å². The molecule has 0 spiro atoms. The first kappa shape index (κ1) is 14.4. The van der Waals surface area contributed by atoms with E-state index in [4.69, 9.17) is 0 Å². The van der Waals surface area contributed by atoms with Gasteiger partial charge in [0.05, 0.1) is 0 Å². The fourth-order valence-corrected chi connectivity index (χ4v) is 3.08. The highest BCUT2D eigenvalue weighted by Gasteiger charge is 2.23. The molecule has 1 fully saturated rings. The minimum absolute atomic E-state index is 0.720. The number of benzene rings is 1. The largest absolute Gasteiger partial charge is 0.368 e. The minimum atomic E-state index is 0.720. The third-order valence-corrected chi connectivity index (χ3v) is 3.98. The lowest BCUT2D eigenvalue weighted by Gasteiger charge is -2.33. The molecule has 1 saturated carbocycles. The summed E-state index contributed by atoms with van der Waals surface area (Å²) in [4.78, 5) is 2.64. The second kappa shape index (κ2) is 6.95. The van der Waals surface area contributed by atoms with Gasteiger partial charge in [-0.3, -0.25) is 0 Å². The van der Waals surface area contributed by atoms with Crippen molar-refractivity contribution in [2.24, 2.45) is 5.92 Å². The second-order valence-electron chi connectivity index (χ2n) is 6.18. The molecule has 1 aromatic carbocycles. The van der Waals surface area contributed by atoms with Crippen LogP contribution in [-0.4, -0.2) is 19.6 Å². The normalized spacial score (nSPS) is 16.2.